The van der Waals surface area contributed by atoms with Crippen molar-refractivity contribution in [3.05, 3.63) is 51.2 Å². The molecule has 104 valence electrons. The van der Waals surface area contributed by atoms with Crippen LogP contribution in [-0.2, 0) is 17.6 Å². The number of amides is 1. The third-order valence-electron chi connectivity index (χ3n) is 3.39. The highest BCUT2D eigenvalue weighted by Gasteiger charge is 2.25. The van der Waals surface area contributed by atoms with Crippen LogP contribution in [0.3, 0.4) is 0 Å². The fraction of sp³-hybridized carbons (Fsp3) is 0.267. The average Bonchev–Trinajstić information content (AvgIpc) is 3.04. The van der Waals surface area contributed by atoms with Crippen LogP contribution in [-0.4, -0.2) is 18.5 Å². The molecule has 1 amide bonds. The van der Waals surface area contributed by atoms with E-state index in [1.807, 2.05) is 30.3 Å². The number of anilines is 1. The number of nitrogens with one attached hydrogen (secondary N) is 2. The van der Waals surface area contributed by atoms with Gasteiger partial charge in [-0.3, -0.25) is 4.79 Å². The molecule has 0 fully saturated rings. The number of carbonyl (C=O) groups excluding carboxylic acids is 1. The van der Waals surface area contributed by atoms with Gasteiger partial charge >= 0.3 is 0 Å². The molecule has 1 aromatic heterocycles. The highest BCUT2D eigenvalue weighted by atomic mass is 35.5. The summed E-state index contributed by atoms with van der Waals surface area (Å²) in [4.78, 5) is 13.3. The predicted octanol–water partition coefficient (Wildman–Crippen LogP) is 3.10. The standard InChI is InChI=1S/C15H15ClN2OS/c16-14-6-5-11(20-14)7-8-17-15(19)13-9-10-3-1-2-4-12(10)18-13/h1-6,13,18H,7-9H2,(H,17,19)/t13-/m0/s1. The molecule has 0 spiro atoms. The maximum absolute atomic E-state index is 12.1. The summed E-state index contributed by atoms with van der Waals surface area (Å²) in [6.45, 7) is 0.643. The average molecular weight is 307 g/mol. The topological polar surface area (TPSA) is 41.1 Å². The van der Waals surface area contributed by atoms with E-state index in [1.165, 1.54) is 10.4 Å². The molecule has 0 unspecified atom stereocenters. The smallest absolute Gasteiger partial charge is 0.242 e. The van der Waals surface area contributed by atoms with Gasteiger partial charge in [0.1, 0.15) is 6.04 Å². The number of fused-ring (bicyclic) bond motifs is 1. The van der Waals surface area contributed by atoms with Crippen LogP contribution in [0.15, 0.2) is 36.4 Å². The van der Waals surface area contributed by atoms with Gasteiger partial charge in [-0.25, -0.2) is 0 Å². The largest absolute Gasteiger partial charge is 0.373 e. The van der Waals surface area contributed by atoms with Crippen molar-refractivity contribution in [2.45, 2.75) is 18.9 Å². The number of halogens is 1. The van der Waals surface area contributed by atoms with Crippen molar-refractivity contribution in [1.82, 2.24) is 5.32 Å². The first-order valence-electron chi connectivity index (χ1n) is 6.59. The molecule has 1 atom stereocenters. The summed E-state index contributed by atoms with van der Waals surface area (Å²) in [6.07, 6.45) is 1.58. The van der Waals surface area contributed by atoms with E-state index in [9.17, 15) is 4.79 Å². The Bertz CT molecular complexity index is 601. The van der Waals surface area contributed by atoms with Crippen LogP contribution in [0.1, 0.15) is 10.4 Å². The first kappa shape index (κ1) is 13.5. The van der Waals surface area contributed by atoms with Gasteiger partial charge in [0.25, 0.3) is 0 Å². The second-order valence-corrected chi connectivity index (χ2v) is 6.60. The van der Waals surface area contributed by atoms with Gasteiger partial charge in [-0.2, -0.15) is 0 Å². The van der Waals surface area contributed by atoms with Crippen molar-refractivity contribution in [1.29, 1.82) is 0 Å². The Morgan fingerprint density at radius 1 is 1.35 bits per heavy atom. The van der Waals surface area contributed by atoms with Gasteiger partial charge in [-0.1, -0.05) is 29.8 Å². The second-order valence-electron chi connectivity index (χ2n) is 4.81. The Kier molecular flexibility index (Phi) is 3.94. The maximum Gasteiger partial charge on any atom is 0.242 e. The minimum Gasteiger partial charge on any atom is -0.373 e. The van der Waals surface area contributed by atoms with E-state index in [-0.39, 0.29) is 11.9 Å². The number of hydrogen-bond donors (Lipinski definition) is 2. The van der Waals surface area contributed by atoms with Crippen molar-refractivity contribution in [3.63, 3.8) is 0 Å². The predicted molar refractivity (Wildman–Crippen MR) is 83.6 cm³/mol. The SMILES string of the molecule is O=C(NCCc1ccc(Cl)s1)[C@@H]1Cc2ccccc2N1. The monoisotopic (exact) mass is 306 g/mol. The fourth-order valence-electron chi connectivity index (χ4n) is 2.37. The van der Waals surface area contributed by atoms with Crippen LogP contribution in [0.2, 0.25) is 4.34 Å². The van der Waals surface area contributed by atoms with Crippen LogP contribution in [0.25, 0.3) is 0 Å². The Labute approximate surface area is 127 Å². The fourth-order valence-corrected chi connectivity index (χ4v) is 3.46. The molecule has 5 heteroatoms. The van der Waals surface area contributed by atoms with Crippen LogP contribution in [0, 0.1) is 0 Å². The van der Waals surface area contributed by atoms with Crippen molar-refractivity contribution < 1.29 is 4.79 Å². The molecule has 2 N–H and O–H groups in total. The zero-order chi connectivity index (χ0) is 13.9. The molecule has 20 heavy (non-hydrogen) atoms. The molecular weight excluding hydrogens is 292 g/mol. The molecule has 1 aliphatic heterocycles. The van der Waals surface area contributed by atoms with Crippen LogP contribution in [0.4, 0.5) is 5.69 Å². The van der Waals surface area contributed by atoms with Crippen molar-refractivity contribution in [3.8, 4) is 0 Å². The highest BCUT2D eigenvalue weighted by Crippen LogP contribution is 2.25. The number of hydrogen-bond acceptors (Lipinski definition) is 3. The van der Waals surface area contributed by atoms with Crippen molar-refractivity contribution in [2.24, 2.45) is 0 Å². The normalized spacial score (nSPS) is 16.6. The number of thiophene rings is 1. The second kappa shape index (κ2) is 5.85. The van der Waals surface area contributed by atoms with Crippen LogP contribution >= 0.6 is 22.9 Å². The quantitative estimate of drug-likeness (QED) is 0.911. The first-order chi connectivity index (χ1) is 9.72. The Morgan fingerprint density at radius 2 is 2.20 bits per heavy atom. The van der Waals surface area contributed by atoms with Crippen LogP contribution < -0.4 is 10.6 Å². The molecule has 2 heterocycles. The van der Waals surface area contributed by atoms with Gasteiger partial charge in [0, 0.05) is 23.5 Å². The molecule has 3 nitrogen and oxygen atoms in total. The summed E-state index contributed by atoms with van der Waals surface area (Å²) in [6, 6.07) is 11.8. The summed E-state index contributed by atoms with van der Waals surface area (Å²) in [5.41, 5.74) is 2.27. The lowest BCUT2D eigenvalue weighted by Gasteiger charge is -2.11. The molecule has 1 aliphatic rings. The van der Waals surface area contributed by atoms with E-state index < -0.39 is 0 Å². The number of carbonyl (C=O) groups is 1. The molecule has 1 aromatic carbocycles. The van der Waals surface area contributed by atoms with Crippen molar-refractivity contribution >= 4 is 34.5 Å². The van der Waals surface area contributed by atoms with Gasteiger partial charge in [0.15, 0.2) is 0 Å². The van der Waals surface area contributed by atoms with Crippen LogP contribution in [0.5, 0.6) is 0 Å². The first-order valence-corrected chi connectivity index (χ1v) is 7.78. The molecule has 2 aromatic rings. The summed E-state index contributed by atoms with van der Waals surface area (Å²) < 4.78 is 0.791. The van der Waals surface area contributed by atoms with Gasteiger partial charge < -0.3 is 10.6 Å². The van der Waals surface area contributed by atoms with Gasteiger partial charge in [0.2, 0.25) is 5.91 Å². The summed E-state index contributed by atoms with van der Waals surface area (Å²) in [7, 11) is 0. The van der Waals surface area contributed by atoms with Crippen molar-refractivity contribution in [2.75, 3.05) is 11.9 Å². The highest BCUT2D eigenvalue weighted by molar-refractivity contribution is 7.16. The number of rotatable bonds is 4. The van der Waals surface area contributed by atoms with E-state index in [1.54, 1.807) is 11.3 Å². The molecule has 0 saturated carbocycles. The molecule has 0 bridgehead atoms. The maximum atomic E-state index is 12.1. The Morgan fingerprint density at radius 3 is 2.95 bits per heavy atom. The minimum absolute atomic E-state index is 0.0591. The number of benzene rings is 1. The molecular formula is C15H15ClN2OS. The van der Waals surface area contributed by atoms with E-state index in [2.05, 4.69) is 16.7 Å². The number of para-hydroxylation sites is 1. The zero-order valence-corrected chi connectivity index (χ0v) is 12.4. The summed E-state index contributed by atoms with van der Waals surface area (Å²) in [5.74, 6) is 0.0591. The van der Waals surface area contributed by atoms with Gasteiger partial charge in [-0.05, 0) is 30.2 Å². The van der Waals surface area contributed by atoms with E-state index in [0.29, 0.717) is 6.54 Å². The molecule has 3 rings (SSSR count). The van der Waals surface area contributed by atoms with E-state index in [0.717, 1.165) is 22.9 Å². The third kappa shape index (κ3) is 2.97. The van der Waals surface area contributed by atoms with Gasteiger partial charge in [-0.15, -0.1) is 11.3 Å². The third-order valence-corrected chi connectivity index (χ3v) is 4.68. The minimum atomic E-state index is -0.153. The lowest BCUT2D eigenvalue weighted by atomic mass is 10.1. The lowest BCUT2D eigenvalue weighted by molar-refractivity contribution is -0.121. The summed E-state index contributed by atoms with van der Waals surface area (Å²) in [5, 5.41) is 6.24. The lowest BCUT2D eigenvalue weighted by Crippen LogP contribution is -2.39. The van der Waals surface area contributed by atoms with E-state index >= 15 is 0 Å². The molecule has 0 saturated heterocycles. The Hall–Kier alpha value is -1.52. The van der Waals surface area contributed by atoms with Gasteiger partial charge in [0.05, 0.1) is 4.34 Å². The summed E-state index contributed by atoms with van der Waals surface area (Å²) >= 11 is 7.44. The van der Waals surface area contributed by atoms with E-state index in [4.69, 9.17) is 11.6 Å². The molecule has 0 aliphatic carbocycles. The Balaban J connectivity index is 1.49. The molecule has 0 radical (unpaired) electrons. The zero-order valence-electron chi connectivity index (χ0n) is 10.9.